The van der Waals surface area contributed by atoms with E-state index >= 15 is 0 Å². The molecule has 2 aromatic carbocycles. The first kappa shape index (κ1) is 13.5. The minimum atomic E-state index is -0.833. The van der Waals surface area contributed by atoms with Crippen LogP contribution in [0.4, 0.5) is 4.39 Å². The van der Waals surface area contributed by atoms with Gasteiger partial charge in [-0.15, -0.1) is 0 Å². The maximum absolute atomic E-state index is 13.3. The predicted octanol–water partition coefficient (Wildman–Crippen LogP) is 4.46. The third-order valence-corrected chi connectivity index (χ3v) is 3.79. The van der Waals surface area contributed by atoms with Gasteiger partial charge in [-0.1, -0.05) is 39.7 Å². The highest BCUT2D eigenvalue weighted by molar-refractivity contribution is 9.10. The average Bonchev–Trinajstić information content (AvgIpc) is 2.32. The van der Waals surface area contributed by atoms with Gasteiger partial charge in [-0.3, -0.25) is 0 Å². The zero-order valence-corrected chi connectivity index (χ0v) is 12.1. The lowest BCUT2D eigenvalue weighted by molar-refractivity contribution is 0.582. The van der Waals surface area contributed by atoms with Gasteiger partial charge in [0.15, 0.2) is 0 Å². The topological polar surface area (TPSA) is 26.0 Å². The Labute approximate surface area is 119 Å². The van der Waals surface area contributed by atoms with E-state index in [2.05, 4.69) is 15.9 Å². The molecule has 1 atom stereocenters. The maximum atomic E-state index is 13.3. The zero-order chi connectivity index (χ0) is 13.3. The van der Waals surface area contributed by atoms with E-state index in [4.69, 9.17) is 17.3 Å². The van der Waals surface area contributed by atoms with Gasteiger partial charge in [0.2, 0.25) is 0 Å². The molecule has 2 rings (SSSR count). The Kier molecular flexibility index (Phi) is 3.76. The van der Waals surface area contributed by atoms with Gasteiger partial charge < -0.3 is 5.73 Å². The summed E-state index contributed by atoms with van der Waals surface area (Å²) in [7, 11) is 0. The molecule has 0 aliphatic heterocycles. The molecule has 0 saturated heterocycles. The van der Waals surface area contributed by atoms with Crippen LogP contribution in [0.1, 0.15) is 18.1 Å². The molecule has 0 aromatic heterocycles. The summed E-state index contributed by atoms with van der Waals surface area (Å²) in [6, 6.07) is 11.8. The second-order valence-electron chi connectivity index (χ2n) is 4.33. The molecule has 0 saturated carbocycles. The van der Waals surface area contributed by atoms with Crippen molar-refractivity contribution in [2.75, 3.05) is 0 Å². The summed E-state index contributed by atoms with van der Waals surface area (Å²) < 4.78 is 14.3. The Balaban J connectivity index is 2.53. The van der Waals surface area contributed by atoms with Gasteiger partial charge in [0.05, 0.1) is 5.54 Å². The van der Waals surface area contributed by atoms with Crippen molar-refractivity contribution < 1.29 is 4.39 Å². The van der Waals surface area contributed by atoms with Crippen molar-refractivity contribution in [2.24, 2.45) is 5.73 Å². The van der Waals surface area contributed by atoms with E-state index in [1.807, 2.05) is 31.2 Å². The number of hydrogen-bond donors (Lipinski definition) is 1. The van der Waals surface area contributed by atoms with Crippen molar-refractivity contribution in [1.82, 2.24) is 0 Å². The summed E-state index contributed by atoms with van der Waals surface area (Å²) in [4.78, 5) is 0. The smallest absolute Gasteiger partial charge is 0.123 e. The van der Waals surface area contributed by atoms with E-state index in [0.717, 1.165) is 10.0 Å². The molecular weight excluding hydrogens is 317 g/mol. The van der Waals surface area contributed by atoms with Crippen LogP contribution in [0, 0.1) is 5.82 Å². The largest absolute Gasteiger partial charge is 0.318 e. The van der Waals surface area contributed by atoms with Crippen molar-refractivity contribution in [3.63, 3.8) is 0 Å². The standard InChI is InChI=1S/C14H12BrClFN/c1-14(18,9-2-4-10(15)5-3-9)12-8-11(17)6-7-13(12)16/h2-8H,18H2,1H3. The molecule has 0 heterocycles. The third-order valence-electron chi connectivity index (χ3n) is 2.93. The molecule has 0 bridgehead atoms. The summed E-state index contributed by atoms with van der Waals surface area (Å²) in [5.41, 5.74) is 6.93. The van der Waals surface area contributed by atoms with Gasteiger partial charge in [0, 0.05) is 9.50 Å². The van der Waals surface area contributed by atoms with Crippen molar-refractivity contribution in [2.45, 2.75) is 12.5 Å². The fourth-order valence-corrected chi connectivity index (χ4v) is 2.43. The van der Waals surface area contributed by atoms with E-state index in [1.165, 1.54) is 18.2 Å². The molecule has 1 nitrogen and oxygen atoms in total. The Morgan fingerprint density at radius 3 is 2.39 bits per heavy atom. The zero-order valence-electron chi connectivity index (χ0n) is 9.75. The van der Waals surface area contributed by atoms with Gasteiger partial charge >= 0.3 is 0 Å². The minimum absolute atomic E-state index is 0.344. The number of benzene rings is 2. The highest BCUT2D eigenvalue weighted by atomic mass is 79.9. The molecular formula is C14H12BrClFN. The Morgan fingerprint density at radius 2 is 1.78 bits per heavy atom. The van der Waals surface area contributed by atoms with Gasteiger partial charge in [-0.2, -0.15) is 0 Å². The third kappa shape index (κ3) is 2.58. The number of nitrogens with two attached hydrogens (primary N) is 1. The van der Waals surface area contributed by atoms with Gasteiger partial charge in [0.25, 0.3) is 0 Å². The van der Waals surface area contributed by atoms with Crippen LogP contribution in [-0.2, 0) is 5.54 Å². The van der Waals surface area contributed by atoms with Crippen LogP contribution < -0.4 is 5.73 Å². The van der Waals surface area contributed by atoms with Crippen LogP contribution in [0.25, 0.3) is 0 Å². The van der Waals surface area contributed by atoms with Gasteiger partial charge in [0.1, 0.15) is 5.82 Å². The van der Waals surface area contributed by atoms with E-state index in [1.54, 1.807) is 0 Å². The van der Waals surface area contributed by atoms with E-state index in [-0.39, 0.29) is 5.82 Å². The quantitative estimate of drug-likeness (QED) is 0.865. The molecule has 0 fully saturated rings. The van der Waals surface area contributed by atoms with Gasteiger partial charge in [-0.25, -0.2) is 4.39 Å². The Hall–Kier alpha value is -0.900. The Morgan fingerprint density at radius 1 is 1.17 bits per heavy atom. The van der Waals surface area contributed by atoms with Crippen LogP contribution >= 0.6 is 27.5 Å². The molecule has 0 amide bonds. The van der Waals surface area contributed by atoms with Crippen molar-refractivity contribution >= 4 is 27.5 Å². The molecule has 0 radical (unpaired) electrons. The van der Waals surface area contributed by atoms with Crippen LogP contribution in [0.15, 0.2) is 46.9 Å². The molecule has 18 heavy (non-hydrogen) atoms. The van der Waals surface area contributed by atoms with Crippen molar-refractivity contribution in [3.05, 3.63) is 68.9 Å². The maximum Gasteiger partial charge on any atom is 0.123 e. The lowest BCUT2D eigenvalue weighted by Gasteiger charge is -2.27. The summed E-state index contributed by atoms with van der Waals surface area (Å²) in [5.74, 6) is -0.344. The van der Waals surface area contributed by atoms with Crippen LogP contribution in [0.5, 0.6) is 0 Å². The first-order valence-electron chi connectivity index (χ1n) is 5.42. The molecule has 0 spiro atoms. The van der Waals surface area contributed by atoms with E-state index in [0.29, 0.717) is 10.6 Å². The molecule has 2 N–H and O–H groups in total. The summed E-state index contributed by atoms with van der Waals surface area (Å²) >= 11 is 9.47. The highest BCUT2D eigenvalue weighted by Gasteiger charge is 2.26. The SMILES string of the molecule is CC(N)(c1ccc(Br)cc1)c1cc(F)ccc1Cl. The molecule has 0 aliphatic carbocycles. The van der Waals surface area contributed by atoms with Crippen LogP contribution in [0.3, 0.4) is 0 Å². The predicted molar refractivity (Wildman–Crippen MR) is 76.2 cm³/mol. The first-order valence-corrected chi connectivity index (χ1v) is 6.59. The number of halogens is 3. The fourth-order valence-electron chi connectivity index (χ4n) is 1.85. The molecule has 0 aliphatic rings. The number of hydrogen-bond acceptors (Lipinski definition) is 1. The van der Waals surface area contributed by atoms with E-state index < -0.39 is 5.54 Å². The van der Waals surface area contributed by atoms with Gasteiger partial charge in [-0.05, 0) is 48.4 Å². The van der Waals surface area contributed by atoms with Crippen LogP contribution in [-0.4, -0.2) is 0 Å². The van der Waals surface area contributed by atoms with Crippen LogP contribution in [0.2, 0.25) is 5.02 Å². The lowest BCUT2D eigenvalue weighted by atomic mass is 9.85. The second-order valence-corrected chi connectivity index (χ2v) is 5.66. The number of rotatable bonds is 2. The normalized spacial score (nSPS) is 14.3. The monoisotopic (exact) mass is 327 g/mol. The molecule has 2 aromatic rings. The fraction of sp³-hybridized carbons (Fsp3) is 0.143. The summed E-state index contributed by atoms with van der Waals surface area (Å²) in [5, 5.41) is 0.462. The second kappa shape index (κ2) is 5.00. The summed E-state index contributed by atoms with van der Waals surface area (Å²) in [6.07, 6.45) is 0. The summed E-state index contributed by atoms with van der Waals surface area (Å²) in [6.45, 7) is 1.82. The highest BCUT2D eigenvalue weighted by Crippen LogP contribution is 2.32. The molecule has 4 heteroatoms. The molecule has 94 valence electrons. The lowest BCUT2D eigenvalue weighted by Crippen LogP contribution is -2.34. The van der Waals surface area contributed by atoms with E-state index in [9.17, 15) is 4.39 Å². The van der Waals surface area contributed by atoms with Crippen molar-refractivity contribution in [3.8, 4) is 0 Å². The molecule has 1 unspecified atom stereocenters. The van der Waals surface area contributed by atoms with Crippen molar-refractivity contribution in [1.29, 1.82) is 0 Å². The minimum Gasteiger partial charge on any atom is -0.318 e. The average molecular weight is 329 g/mol. The Bertz CT molecular complexity index is 567. The first-order chi connectivity index (χ1) is 8.41.